The quantitative estimate of drug-likeness (QED) is 0.0723. The summed E-state index contributed by atoms with van der Waals surface area (Å²) >= 11 is 3.38. The number of amides is 1. The molecular weight excluding hydrogens is 750 g/mol. The van der Waals surface area contributed by atoms with Gasteiger partial charge in [0.05, 0.1) is 55.9 Å². The molecule has 0 radical (unpaired) electrons. The molecule has 0 aliphatic rings. The molecule has 1 heterocycles. The molecule has 4 aromatic carbocycles. The second kappa shape index (κ2) is 18.1. The summed E-state index contributed by atoms with van der Waals surface area (Å²) in [6.45, 7) is 0.531. The highest BCUT2D eigenvalue weighted by molar-refractivity contribution is 9.10. The minimum absolute atomic E-state index is 0.00741. The van der Waals surface area contributed by atoms with E-state index in [1.54, 1.807) is 49.6 Å². The third-order valence-electron chi connectivity index (χ3n) is 8.04. The van der Waals surface area contributed by atoms with Gasteiger partial charge in [-0.25, -0.2) is 0 Å². The summed E-state index contributed by atoms with van der Waals surface area (Å²) in [6.07, 6.45) is 4.29. The Balaban J connectivity index is 1.29. The minimum atomic E-state index is -0.421. The highest BCUT2D eigenvalue weighted by atomic mass is 79.9. The summed E-state index contributed by atoms with van der Waals surface area (Å²) in [6, 6.07) is 19.3. The third kappa shape index (κ3) is 9.16. The van der Waals surface area contributed by atoms with Crippen molar-refractivity contribution in [3.05, 3.63) is 93.1 Å². The molecule has 0 fully saturated rings. The van der Waals surface area contributed by atoms with E-state index in [1.165, 1.54) is 41.6 Å². The van der Waals surface area contributed by atoms with Crippen LogP contribution in [0.2, 0.25) is 0 Å². The second-order valence-corrected chi connectivity index (χ2v) is 12.3. The minimum Gasteiger partial charge on any atom is -0.496 e. The van der Waals surface area contributed by atoms with E-state index < -0.39 is 5.43 Å². The van der Waals surface area contributed by atoms with E-state index in [9.17, 15) is 9.59 Å². The molecule has 1 amide bonds. The Kier molecular flexibility index (Phi) is 13.1. The molecule has 53 heavy (non-hydrogen) atoms. The maximum atomic E-state index is 14.1. The zero-order valence-electron chi connectivity index (χ0n) is 30.2. The van der Waals surface area contributed by atoms with Gasteiger partial charge < -0.3 is 47.6 Å². The van der Waals surface area contributed by atoms with Crippen molar-refractivity contribution in [3.63, 3.8) is 0 Å². The van der Waals surface area contributed by atoms with Gasteiger partial charge in [-0.2, -0.15) is 0 Å². The van der Waals surface area contributed by atoms with Crippen LogP contribution in [0.4, 0.5) is 5.69 Å². The normalized spacial score (nSPS) is 10.9. The van der Waals surface area contributed by atoms with E-state index in [1.807, 2.05) is 30.3 Å². The second-order valence-electron chi connectivity index (χ2n) is 11.4. The van der Waals surface area contributed by atoms with Gasteiger partial charge in [-0.15, -0.1) is 0 Å². The third-order valence-corrected chi connectivity index (χ3v) is 8.57. The average molecular weight is 791 g/mol. The van der Waals surface area contributed by atoms with Crippen molar-refractivity contribution in [2.24, 2.45) is 0 Å². The maximum Gasteiger partial charge on any atom is 0.248 e. The molecular formula is C40H40BrNO11. The van der Waals surface area contributed by atoms with Crippen LogP contribution in [0.1, 0.15) is 18.4 Å². The first-order chi connectivity index (χ1) is 25.7. The SMILES string of the molecule is COc1cc(OC)c2c(=O)c(OCCCCOc3ccc(/C=C/C(=O)Nc4ccc(Br)cc4)cc3OC)c(-c3cc(OC)c(OC)c(OC)c3)oc2c1. The van der Waals surface area contributed by atoms with Crippen molar-refractivity contribution in [1.82, 2.24) is 0 Å². The summed E-state index contributed by atoms with van der Waals surface area (Å²) in [4.78, 5) is 26.4. The first-order valence-electron chi connectivity index (χ1n) is 16.4. The van der Waals surface area contributed by atoms with Crippen molar-refractivity contribution in [1.29, 1.82) is 0 Å². The fourth-order valence-corrected chi connectivity index (χ4v) is 5.68. The Labute approximate surface area is 315 Å². The van der Waals surface area contributed by atoms with Crippen LogP contribution in [0.5, 0.6) is 46.0 Å². The van der Waals surface area contributed by atoms with Gasteiger partial charge in [-0.05, 0) is 73.0 Å². The van der Waals surface area contributed by atoms with E-state index in [0.29, 0.717) is 65.2 Å². The molecule has 5 aromatic rings. The molecule has 12 nitrogen and oxygen atoms in total. The zero-order chi connectivity index (χ0) is 37.9. The first kappa shape index (κ1) is 38.4. The standard InChI is InChI=1S/C40H40BrNO11/c1-45-28-22-31(47-3)36-32(23-28)53-38(25-20-33(48-4)39(50-6)34(21-25)49-5)40(37(36)44)52-18-8-7-17-51-29-15-9-24(19-30(29)46-2)10-16-35(43)42-27-13-11-26(41)12-14-27/h9-16,19-23H,7-8,17-18H2,1-6H3,(H,42,43)/b16-10+. The lowest BCUT2D eigenvalue weighted by molar-refractivity contribution is -0.111. The van der Waals surface area contributed by atoms with Crippen molar-refractivity contribution in [3.8, 4) is 57.3 Å². The Hall–Kier alpha value is -5.82. The van der Waals surface area contributed by atoms with Gasteiger partial charge in [0.2, 0.25) is 22.8 Å². The van der Waals surface area contributed by atoms with Crippen LogP contribution in [-0.4, -0.2) is 61.8 Å². The smallest absolute Gasteiger partial charge is 0.248 e. The fourth-order valence-electron chi connectivity index (χ4n) is 5.41. The number of benzene rings is 4. The lowest BCUT2D eigenvalue weighted by atomic mass is 10.1. The van der Waals surface area contributed by atoms with E-state index in [2.05, 4.69) is 21.2 Å². The molecule has 0 aliphatic carbocycles. The van der Waals surface area contributed by atoms with Crippen molar-refractivity contribution < 1.29 is 47.1 Å². The van der Waals surface area contributed by atoms with Crippen LogP contribution >= 0.6 is 15.9 Å². The topological polar surface area (TPSA) is 133 Å². The van der Waals surface area contributed by atoms with Gasteiger partial charge >= 0.3 is 0 Å². The van der Waals surface area contributed by atoms with Gasteiger partial charge in [0.25, 0.3) is 0 Å². The Bertz CT molecular complexity index is 2120. The lowest BCUT2D eigenvalue weighted by Gasteiger charge is -2.17. The first-order valence-corrected chi connectivity index (χ1v) is 17.2. The molecule has 0 unspecified atom stereocenters. The van der Waals surface area contributed by atoms with E-state index >= 15 is 0 Å². The summed E-state index contributed by atoms with van der Waals surface area (Å²) in [5.74, 6) is 2.83. The number of carbonyl (C=O) groups excluding carboxylic acids is 1. The van der Waals surface area contributed by atoms with Crippen molar-refractivity contribution >= 4 is 44.6 Å². The molecule has 0 saturated carbocycles. The number of anilines is 1. The molecule has 278 valence electrons. The number of halogens is 1. The Morgan fingerprint density at radius 1 is 0.698 bits per heavy atom. The Morgan fingerprint density at radius 3 is 1.98 bits per heavy atom. The molecule has 0 atom stereocenters. The molecule has 5 rings (SSSR count). The van der Waals surface area contributed by atoms with Crippen LogP contribution in [0.15, 0.2) is 86.5 Å². The van der Waals surface area contributed by atoms with Gasteiger partial charge in [-0.1, -0.05) is 22.0 Å². The van der Waals surface area contributed by atoms with E-state index in [-0.39, 0.29) is 40.7 Å². The lowest BCUT2D eigenvalue weighted by Crippen LogP contribution is -2.13. The van der Waals surface area contributed by atoms with Gasteiger partial charge in [-0.3, -0.25) is 9.59 Å². The van der Waals surface area contributed by atoms with E-state index in [0.717, 1.165) is 10.0 Å². The monoisotopic (exact) mass is 789 g/mol. The highest BCUT2D eigenvalue weighted by Gasteiger charge is 2.24. The zero-order valence-corrected chi connectivity index (χ0v) is 31.8. The maximum absolute atomic E-state index is 14.1. The average Bonchev–Trinajstić information content (AvgIpc) is 3.18. The molecule has 0 aliphatic heterocycles. The number of nitrogens with one attached hydrogen (secondary N) is 1. The Morgan fingerprint density at radius 2 is 1.36 bits per heavy atom. The predicted octanol–water partition coefficient (Wildman–Crippen LogP) is 8.16. The molecule has 13 heteroatoms. The fraction of sp³-hybridized carbons (Fsp3) is 0.250. The van der Waals surface area contributed by atoms with Gasteiger partial charge in [0.1, 0.15) is 22.5 Å². The number of fused-ring (bicyclic) bond motifs is 1. The highest BCUT2D eigenvalue weighted by Crippen LogP contribution is 2.44. The predicted molar refractivity (Wildman–Crippen MR) is 206 cm³/mol. The number of hydrogen-bond donors (Lipinski definition) is 1. The van der Waals surface area contributed by atoms with Crippen LogP contribution in [0.3, 0.4) is 0 Å². The van der Waals surface area contributed by atoms with Crippen molar-refractivity contribution in [2.75, 3.05) is 61.2 Å². The van der Waals surface area contributed by atoms with Gasteiger partial charge in [0.15, 0.2) is 28.8 Å². The van der Waals surface area contributed by atoms with Crippen LogP contribution < -0.4 is 48.6 Å². The van der Waals surface area contributed by atoms with Crippen LogP contribution in [0.25, 0.3) is 28.4 Å². The molecule has 0 saturated heterocycles. The summed E-state index contributed by atoms with van der Waals surface area (Å²) in [5.41, 5.74) is 1.75. The number of methoxy groups -OCH3 is 6. The number of rotatable bonds is 17. The molecule has 0 bridgehead atoms. The number of unbranched alkanes of at least 4 members (excludes halogenated alkanes) is 1. The number of hydrogen-bond acceptors (Lipinski definition) is 11. The molecule has 1 aromatic heterocycles. The number of carbonyl (C=O) groups is 1. The molecule has 1 N–H and O–H groups in total. The largest absolute Gasteiger partial charge is 0.496 e. The summed E-state index contributed by atoms with van der Waals surface area (Å²) in [7, 11) is 9.04. The van der Waals surface area contributed by atoms with Crippen LogP contribution in [0, 0.1) is 0 Å². The van der Waals surface area contributed by atoms with E-state index in [4.69, 9.17) is 42.3 Å². The molecule has 0 spiro atoms. The summed E-state index contributed by atoms with van der Waals surface area (Å²) in [5, 5.41) is 3.03. The summed E-state index contributed by atoms with van der Waals surface area (Å²) < 4.78 is 52.5. The van der Waals surface area contributed by atoms with Crippen molar-refractivity contribution in [2.45, 2.75) is 12.8 Å². The number of ether oxygens (including phenoxy) is 8. The van der Waals surface area contributed by atoms with Gasteiger partial charge in [0, 0.05) is 33.9 Å². The van der Waals surface area contributed by atoms with Crippen LogP contribution in [-0.2, 0) is 4.79 Å².